The van der Waals surface area contributed by atoms with E-state index in [4.69, 9.17) is 4.74 Å². The Balaban J connectivity index is 1.66. The van der Waals surface area contributed by atoms with Crippen LogP contribution in [-0.2, 0) is 11.4 Å². The van der Waals surface area contributed by atoms with Crippen molar-refractivity contribution in [3.63, 3.8) is 0 Å². The number of hydrogen-bond acceptors (Lipinski definition) is 5. The maximum atomic E-state index is 12.2. The highest BCUT2D eigenvalue weighted by Crippen LogP contribution is 2.45. The number of benzene rings is 2. The minimum Gasteiger partial charge on any atom is -0.487 e. The Labute approximate surface area is 190 Å². The molecule has 0 radical (unpaired) electrons. The molecule has 1 amide bonds. The Kier molecular flexibility index (Phi) is 7.91. The molecule has 0 unspecified atom stereocenters. The first-order valence-electron chi connectivity index (χ1n) is 8.71. The summed E-state index contributed by atoms with van der Waals surface area (Å²) in [7, 11) is 0. The van der Waals surface area contributed by atoms with Crippen LogP contribution in [0.5, 0.6) is 5.75 Å². The van der Waals surface area contributed by atoms with Gasteiger partial charge in [0.15, 0.2) is 0 Å². The van der Waals surface area contributed by atoms with Crippen molar-refractivity contribution in [3.8, 4) is 5.75 Å². The summed E-state index contributed by atoms with van der Waals surface area (Å²) < 4.78 is 7.67. The number of hydrogen-bond donors (Lipinski definition) is 1. The fourth-order valence-corrected chi connectivity index (χ4v) is 6.92. The first kappa shape index (κ1) is 21.7. The quantitative estimate of drug-likeness (QED) is 0.353. The summed E-state index contributed by atoms with van der Waals surface area (Å²) in [6.07, 6.45) is 2.06. The standard InChI is InChI=1S/C20H20Br2N2O2S2/c1-20(27-7-8-28-20)11-18(25)24-23-12-15-9-16(21)10-17(22)19(15)26-13-14-5-3-2-4-6-14/h2-6,9-10,12H,7-8,11,13H2,1H3,(H,24,25). The van der Waals surface area contributed by atoms with Crippen molar-refractivity contribution in [3.05, 3.63) is 62.5 Å². The summed E-state index contributed by atoms with van der Waals surface area (Å²) in [6, 6.07) is 13.8. The first-order chi connectivity index (χ1) is 13.5. The smallest absolute Gasteiger partial charge is 0.242 e. The van der Waals surface area contributed by atoms with E-state index in [0.29, 0.717) is 18.8 Å². The van der Waals surface area contributed by atoms with Crippen LogP contribution in [0.3, 0.4) is 0 Å². The second-order valence-electron chi connectivity index (χ2n) is 6.38. The number of thioether (sulfide) groups is 2. The number of halogens is 2. The average Bonchev–Trinajstić information content (AvgIpc) is 3.07. The molecule has 1 heterocycles. The minimum absolute atomic E-state index is 0.0532. The molecule has 2 aromatic rings. The number of nitrogens with one attached hydrogen (secondary N) is 1. The van der Waals surface area contributed by atoms with E-state index in [2.05, 4.69) is 49.3 Å². The fourth-order valence-electron chi connectivity index (χ4n) is 2.72. The van der Waals surface area contributed by atoms with Crippen LogP contribution < -0.4 is 10.2 Å². The molecule has 1 N–H and O–H groups in total. The summed E-state index contributed by atoms with van der Waals surface area (Å²) in [4.78, 5) is 12.2. The van der Waals surface area contributed by atoms with Crippen molar-refractivity contribution in [2.24, 2.45) is 5.10 Å². The third-order valence-electron chi connectivity index (χ3n) is 4.04. The van der Waals surface area contributed by atoms with Crippen molar-refractivity contribution in [1.82, 2.24) is 5.43 Å². The molecule has 1 fully saturated rings. The lowest BCUT2D eigenvalue weighted by molar-refractivity contribution is -0.121. The predicted octanol–water partition coefficient (Wildman–Crippen LogP) is 5.83. The molecule has 0 bridgehead atoms. The van der Waals surface area contributed by atoms with Crippen LogP contribution in [0, 0.1) is 0 Å². The largest absolute Gasteiger partial charge is 0.487 e. The van der Waals surface area contributed by atoms with Crippen molar-refractivity contribution in [2.45, 2.75) is 24.0 Å². The van der Waals surface area contributed by atoms with Gasteiger partial charge in [-0.05, 0) is 40.5 Å². The zero-order chi connectivity index (χ0) is 20.0. The third kappa shape index (κ3) is 6.27. The molecule has 1 aliphatic heterocycles. The van der Waals surface area contributed by atoms with Crippen molar-refractivity contribution in [1.29, 1.82) is 0 Å². The lowest BCUT2D eigenvalue weighted by Gasteiger charge is -2.19. The molecule has 1 aliphatic rings. The predicted molar refractivity (Wildman–Crippen MR) is 126 cm³/mol. The van der Waals surface area contributed by atoms with Gasteiger partial charge >= 0.3 is 0 Å². The summed E-state index contributed by atoms with van der Waals surface area (Å²) >= 11 is 10.7. The van der Waals surface area contributed by atoms with Gasteiger partial charge in [-0.3, -0.25) is 4.79 Å². The van der Waals surface area contributed by atoms with E-state index >= 15 is 0 Å². The number of rotatable bonds is 7. The number of carbonyl (C=O) groups is 1. The van der Waals surface area contributed by atoms with E-state index in [1.54, 1.807) is 6.21 Å². The van der Waals surface area contributed by atoms with E-state index in [9.17, 15) is 4.79 Å². The first-order valence-corrected chi connectivity index (χ1v) is 12.3. The normalized spacial score (nSPS) is 15.7. The number of amides is 1. The molecule has 0 spiro atoms. The molecule has 8 heteroatoms. The van der Waals surface area contributed by atoms with Crippen LogP contribution in [0.25, 0.3) is 0 Å². The second kappa shape index (κ2) is 10.2. The average molecular weight is 544 g/mol. The zero-order valence-electron chi connectivity index (χ0n) is 15.3. The molecule has 0 aliphatic carbocycles. The van der Waals surface area contributed by atoms with Gasteiger partial charge < -0.3 is 4.74 Å². The van der Waals surface area contributed by atoms with Gasteiger partial charge in [0.1, 0.15) is 12.4 Å². The van der Waals surface area contributed by atoms with Gasteiger partial charge in [0.2, 0.25) is 5.91 Å². The van der Waals surface area contributed by atoms with Crippen LogP contribution in [0.1, 0.15) is 24.5 Å². The molecule has 0 aromatic heterocycles. The van der Waals surface area contributed by atoms with E-state index < -0.39 is 0 Å². The Bertz CT molecular complexity index is 857. The minimum atomic E-state index is -0.0820. The Morgan fingerprint density at radius 1 is 1.25 bits per heavy atom. The van der Waals surface area contributed by atoms with E-state index in [0.717, 1.165) is 31.6 Å². The van der Waals surface area contributed by atoms with Gasteiger partial charge in [-0.15, -0.1) is 23.5 Å². The monoisotopic (exact) mass is 542 g/mol. The Hall–Kier alpha value is -0.960. The second-order valence-corrected chi connectivity index (χ2v) is 11.6. The molecule has 28 heavy (non-hydrogen) atoms. The lowest BCUT2D eigenvalue weighted by atomic mass is 10.2. The van der Waals surface area contributed by atoms with Gasteiger partial charge in [-0.25, -0.2) is 5.43 Å². The van der Waals surface area contributed by atoms with Gasteiger partial charge in [0, 0.05) is 21.5 Å². The van der Waals surface area contributed by atoms with E-state index in [1.807, 2.05) is 66.0 Å². The van der Waals surface area contributed by atoms with Crippen molar-refractivity contribution in [2.75, 3.05) is 11.5 Å². The molecular weight excluding hydrogens is 524 g/mol. The van der Waals surface area contributed by atoms with Crippen LogP contribution in [0.4, 0.5) is 0 Å². The number of nitrogens with zero attached hydrogens (tertiary/aromatic N) is 1. The van der Waals surface area contributed by atoms with Gasteiger partial charge in [0.25, 0.3) is 0 Å². The molecular formula is C20H20Br2N2O2S2. The lowest BCUT2D eigenvalue weighted by Crippen LogP contribution is -2.26. The van der Waals surface area contributed by atoms with E-state index in [1.165, 1.54) is 0 Å². The SMILES string of the molecule is CC1(CC(=O)NN=Cc2cc(Br)cc(Br)c2OCc2ccccc2)SCCS1. The topological polar surface area (TPSA) is 50.7 Å². The van der Waals surface area contributed by atoms with Gasteiger partial charge in [-0.2, -0.15) is 5.10 Å². The van der Waals surface area contributed by atoms with Gasteiger partial charge in [0.05, 0.1) is 21.2 Å². The number of hydrazone groups is 1. The summed E-state index contributed by atoms with van der Waals surface area (Å²) in [5, 5.41) is 4.15. The van der Waals surface area contributed by atoms with Crippen LogP contribution >= 0.6 is 55.4 Å². The molecule has 2 aromatic carbocycles. The molecule has 0 atom stereocenters. The van der Waals surface area contributed by atoms with E-state index in [-0.39, 0.29) is 9.99 Å². The van der Waals surface area contributed by atoms with Crippen molar-refractivity contribution >= 4 is 67.5 Å². The maximum absolute atomic E-state index is 12.2. The molecule has 3 rings (SSSR count). The highest BCUT2D eigenvalue weighted by atomic mass is 79.9. The van der Waals surface area contributed by atoms with Crippen LogP contribution in [-0.4, -0.2) is 27.7 Å². The van der Waals surface area contributed by atoms with Crippen molar-refractivity contribution < 1.29 is 9.53 Å². The van der Waals surface area contributed by atoms with Crippen LogP contribution in [0.15, 0.2) is 56.5 Å². The highest BCUT2D eigenvalue weighted by molar-refractivity contribution is 9.11. The maximum Gasteiger partial charge on any atom is 0.242 e. The molecule has 1 saturated heterocycles. The third-order valence-corrected chi connectivity index (χ3v) is 8.37. The number of ether oxygens (including phenoxy) is 1. The fraction of sp³-hybridized carbons (Fsp3) is 0.300. The zero-order valence-corrected chi connectivity index (χ0v) is 20.1. The molecule has 0 saturated carbocycles. The Morgan fingerprint density at radius 3 is 2.68 bits per heavy atom. The molecule has 4 nitrogen and oxygen atoms in total. The number of carbonyl (C=O) groups excluding carboxylic acids is 1. The summed E-state index contributed by atoms with van der Waals surface area (Å²) in [6.45, 7) is 2.56. The van der Waals surface area contributed by atoms with Gasteiger partial charge in [-0.1, -0.05) is 46.3 Å². The van der Waals surface area contributed by atoms with Crippen LogP contribution in [0.2, 0.25) is 0 Å². The highest BCUT2D eigenvalue weighted by Gasteiger charge is 2.32. The Morgan fingerprint density at radius 2 is 1.96 bits per heavy atom. The summed E-state index contributed by atoms with van der Waals surface area (Å²) in [5.74, 6) is 2.78. The summed E-state index contributed by atoms with van der Waals surface area (Å²) in [5.41, 5.74) is 4.49. The molecule has 148 valence electrons.